The molecule has 0 heterocycles. The Morgan fingerprint density at radius 3 is 2.47 bits per heavy atom. The van der Waals surface area contributed by atoms with Crippen LogP contribution in [0.4, 0.5) is 0 Å². The van der Waals surface area contributed by atoms with Crippen molar-refractivity contribution in [3.63, 3.8) is 0 Å². The predicted molar refractivity (Wildman–Crippen MR) is 74.7 cm³/mol. The number of hydrogen-bond acceptors (Lipinski definition) is 2. The van der Waals surface area contributed by atoms with Crippen molar-refractivity contribution in [2.75, 3.05) is 0 Å². The highest BCUT2D eigenvalue weighted by molar-refractivity contribution is 7.80. The van der Waals surface area contributed by atoms with E-state index in [1.165, 1.54) is 25.7 Å². The van der Waals surface area contributed by atoms with E-state index < -0.39 is 0 Å². The molecule has 1 fully saturated rings. The summed E-state index contributed by atoms with van der Waals surface area (Å²) in [7, 11) is 0. The van der Waals surface area contributed by atoms with Gasteiger partial charge in [-0.05, 0) is 38.5 Å². The van der Waals surface area contributed by atoms with E-state index in [9.17, 15) is 4.79 Å². The number of rotatable bonds is 5. The van der Waals surface area contributed by atoms with Crippen molar-refractivity contribution in [2.24, 2.45) is 17.6 Å². The van der Waals surface area contributed by atoms with E-state index in [0.717, 1.165) is 18.8 Å². The van der Waals surface area contributed by atoms with Crippen LogP contribution < -0.4 is 11.1 Å². The van der Waals surface area contributed by atoms with Gasteiger partial charge in [0.25, 0.3) is 0 Å². The van der Waals surface area contributed by atoms with Crippen LogP contribution >= 0.6 is 12.2 Å². The molecule has 1 aliphatic rings. The molecule has 4 heteroatoms. The normalized spacial score (nSPS) is 26.2. The number of amides is 1. The van der Waals surface area contributed by atoms with Gasteiger partial charge in [-0.3, -0.25) is 4.79 Å². The lowest BCUT2D eigenvalue weighted by molar-refractivity contribution is -0.123. The van der Waals surface area contributed by atoms with E-state index >= 15 is 0 Å². The van der Waals surface area contributed by atoms with E-state index in [1.54, 1.807) is 6.92 Å². The summed E-state index contributed by atoms with van der Waals surface area (Å²) < 4.78 is 0. The molecule has 1 unspecified atom stereocenters. The highest BCUT2D eigenvalue weighted by Gasteiger charge is 2.24. The lowest BCUT2D eigenvalue weighted by atomic mass is 9.83. The van der Waals surface area contributed by atoms with E-state index in [1.807, 2.05) is 0 Å². The van der Waals surface area contributed by atoms with Crippen LogP contribution in [0.5, 0.6) is 0 Å². The number of hydrogen-bond donors (Lipinski definition) is 2. The SMILES string of the molecule is CCCC1CCC(NC(=O)C(C)C(N)=S)CC1. The molecule has 0 aliphatic heterocycles. The summed E-state index contributed by atoms with van der Waals surface area (Å²) in [5.41, 5.74) is 5.47. The molecule has 1 atom stereocenters. The Bertz CT molecular complexity index is 273. The second kappa shape index (κ2) is 6.94. The van der Waals surface area contributed by atoms with Gasteiger partial charge >= 0.3 is 0 Å². The summed E-state index contributed by atoms with van der Waals surface area (Å²) >= 11 is 4.83. The van der Waals surface area contributed by atoms with E-state index in [-0.39, 0.29) is 16.8 Å². The molecule has 17 heavy (non-hydrogen) atoms. The zero-order valence-electron chi connectivity index (χ0n) is 10.9. The lowest BCUT2D eigenvalue weighted by Gasteiger charge is -2.29. The first kappa shape index (κ1) is 14.4. The average Bonchev–Trinajstić information content (AvgIpc) is 2.30. The molecule has 0 bridgehead atoms. The summed E-state index contributed by atoms with van der Waals surface area (Å²) in [6.45, 7) is 4.00. The van der Waals surface area contributed by atoms with Gasteiger partial charge in [0.05, 0.1) is 10.9 Å². The van der Waals surface area contributed by atoms with Crippen LogP contribution in [0.3, 0.4) is 0 Å². The van der Waals surface area contributed by atoms with Gasteiger partial charge in [-0.1, -0.05) is 32.0 Å². The molecular formula is C13H24N2OS. The van der Waals surface area contributed by atoms with Crippen LogP contribution in [0.25, 0.3) is 0 Å². The van der Waals surface area contributed by atoms with E-state index in [4.69, 9.17) is 18.0 Å². The van der Waals surface area contributed by atoms with Crippen molar-refractivity contribution in [1.82, 2.24) is 5.32 Å². The van der Waals surface area contributed by atoms with Crippen molar-refractivity contribution in [2.45, 2.75) is 58.4 Å². The monoisotopic (exact) mass is 256 g/mol. The van der Waals surface area contributed by atoms with Crippen molar-refractivity contribution < 1.29 is 4.79 Å². The van der Waals surface area contributed by atoms with Crippen molar-refractivity contribution in [1.29, 1.82) is 0 Å². The fraction of sp³-hybridized carbons (Fsp3) is 0.846. The smallest absolute Gasteiger partial charge is 0.229 e. The maximum atomic E-state index is 11.8. The zero-order valence-corrected chi connectivity index (χ0v) is 11.7. The van der Waals surface area contributed by atoms with Crippen LogP contribution in [-0.4, -0.2) is 16.9 Å². The molecule has 3 nitrogen and oxygen atoms in total. The number of nitrogens with one attached hydrogen (secondary N) is 1. The molecule has 3 N–H and O–H groups in total. The van der Waals surface area contributed by atoms with Crippen LogP contribution in [0.15, 0.2) is 0 Å². The Labute approximate surface area is 110 Å². The summed E-state index contributed by atoms with van der Waals surface area (Å²) in [5.74, 6) is 0.496. The Kier molecular flexibility index (Phi) is 5.89. The second-order valence-corrected chi connectivity index (χ2v) is 5.61. The predicted octanol–water partition coefficient (Wildman–Crippen LogP) is 2.38. The molecule has 0 radical (unpaired) electrons. The first-order valence-corrected chi connectivity index (χ1v) is 7.05. The summed E-state index contributed by atoms with van der Waals surface area (Å²) in [4.78, 5) is 12.1. The van der Waals surface area contributed by atoms with Crippen LogP contribution in [0.1, 0.15) is 52.4 Å². The molecule has 98 valence electrons. The molecule has 1 saturated carbocycles. The Balaban J connectivity index is 2.30. The van der Waals surface area contributed by atoms with Gasteiger partial charge in [-0.25, -0.2) is 0 Å². The van der Waals surface area contributed by atoms with Crippen molar-refractivity contribution >= 4 is 23.1 Å². The molecule has 1 amide bonds. The minimum absolute atomic E-state index is 0.0172. The number of carbonyl (C=O) groups excluding carboxylic acids is 1. The highest BCUT2D eigenvalue weighted by Crippen LogP contribution is 2.27. The highest BCUT2D eigenvalue weighted by atomic mass is 32.1. The van der Waals surface area contributed by atoms with Gasteiger partial charge in [-0.15, -0.1) is 0 Å². The molecule has 0 aromatic heterocycles. The topological polar surface area (TPSA) is 55.1 Å². The third-order valence-electron chi connectivity index (χ3n) is 3.71. The molecule has 0 spiro atoms. The zero-order chi connectivity index (χ0) is 12.8. The van der Waals surface area contributed by atoms with Gasteiger partial charge in [-0.2, -0.15) is 0 Å². The Morgan fingerprint density at radius 2 is 2.00 bits per heavy atom. The summed E-state index contributed by atoms with van der Waals surface area (Å²) in [5, 5.41) is 3.06. The molecular weight excluding hydrogens is 232 g/mol. The first-order valence-electron chi connectivity index (χ1n) is 6.64. The number of thiocarbonyl (C=S) groups is 1. The number of nitrogens with two attached hydrogens (primary N) is 1. The van der Waals surface area contributed by atoms with Crippen LogP contribution in [-0.2, 0) is 4.79 Å². The third-order valence-corrected chi connectivity index (χ3v) is 4.06. The quantitative estimate of drug-likeness (QED) is 0.743. The van der Waals surface area contributed by atoms with Gasteiger partial charge in [0.1, 0.15) is 0 Å². The van der Waals surface area contributed by atoms with Crippen molar-refractivity contribution in [3.05, 3.63) is 0 Å². The third kappa shape index (κ3) is 4.62. The Morgan fingerprint density at radius 1 is 1.41 bits per heavy atom. The van der Waals surface area contributed by atoms with Gasteiger partial charge < -0.3 is 11.1 Å². The molecule has 0 saturated heterocycles. The second-order valence-electron chi connectivity index (χ2n) is 5.14. The summed E-state index contributed by atoms with van der Waals surface area (Å²) in [6.07, 6.45) is 7.26. The fourth-order valence-corrected chi connectivity index (χ4v) is 2.57. The molecule has 0 aromatic carbocycles. The first-order chi connectivity index (χ1) is 8.04. The van der Waals surface area contributed by atoms with Crippen molar-refractivity contribution in [3.8, 4) is 0 Å². The number of carbonyl (C=O) groups is 1. The van der Waals surface area contributed by atoms with Gasteiger partial charge in [0, 0.05) is 6.04 Å². The standard InChI is InChI=1S/C13H24N2OS/c1-3-4-10-5-7-11(8-6-10)15-13(16)9(2)12(14)17/h9-11H,3-8H2,1-2H3,(H2,14,17)(H,15,16). The van der Waals surface area contributed by atoms with E-state index in [2.05, 4.69) is 12.2 Å². The van der Waals surface area contributed by atoms with Gasteiger partial charge in [0.2, 0.25) is 5.91 Å². The molecule has 0 aromatic rings. The average molecular weight is 256 g/mol. The summed E-state index contributed by atoms with van der Waals surface area (Å²) in [6, 6.07) is 0.326. The largest absolute Gasteiger partial charge is 0.393 e. The molecule has 1 rings (SSSR count). The minimum atomic E-state index is -0.349. The van der Waals surface area contributed by atoms with E-state index in [0.29, 0.717) is 6.04 Å². The maximum Gasteiger partial charge on any atom is 0.229 e. The van der Waals surface area contributed by atoms with Crippen LogP contribution in [0, 0.1) is 11.8 Å². The maximum absolute atomic E-state index is 11.8. The lowest BCUT2D eigenvalue weighted by Crippen LogP contribution is -2.43. The minimum Gasteiger partial charge on any atom is -0.393 e. The Hall–Kier alpha value is -0.640. The fourth-order valence-electron chi connectivity index (χ4n) is 2.46. The van der Waals surface area contributed by atoms with Crippen LogP contribution in [0.2, 0.25) is 0 Å². The van der Waals surface area contributed by atoms with Gasteiger partial charge in [0.15, 0.2) is 0 Å². The molecule has 1 aliphatic carbocycles.